The van der Waals surface area contributed by atoms with Crippen LogP contribution in [0.3, 0.4) is 0 Å². The zero-order valence-electron chi connectivity index (χ0n) is 8.06. The maximum atomic E-state index is 10.3. The first-order chi connectivity index (χ1) is 7.27. The van der Waals surface area contributed by atoms with Gasteiger partial charge in [0.25, 0.3) is 0 Å². The molecule has 1 heterocycles. The maximum Gasteiger partial charge on any atom is 0.404 e. The first-order valence-electron chi connectivity index (χ1n) is 4.69. The van der Waals surface area contributed by atoms with Gasteiger partial charge >= 0.3 is 6.09 Å². The smallest absolute Gasteiger partial charge is 0.404 e. The van der Waals surface area contributed by atoms with Crippen LogP contribution in [-0.4, -0.2) is 17.7 Å². The summed E-state index contributed by atoms with van der Waals surface area (Å²) in [4.78, 5) is 10.3. The summed E-state index contributed by atoms with van der Waals surface area (Å²) in [7, 11) is 0. The molecule has 0 aliphatic rings. The second kappa shape index (κ2) is 4.04. The summed E-state index contributed by atoms with van der Waals surface area (Å²) in [6.07, 6.45) is 1.32. The van der Waals surface area contributed by atoms with Crippen molar-refractivity contribution < 1.29 is 14.3 Å². The molecule has 0 unspecified atom stereocenters. The SMILES string of the molecule is O=C(O)NCCc1coc2ccccc12. The Morgan fingerprint density at radius 2 is 2.20 bits per heavy atom. The number of amides is 1. The fourth-order valence-corrected chi connectivity index (χ4v) is 1.53. The van der Waals surface area contributed by atoms with Crippen LogP contribution < -0.4 is 5.32 Å². The van der Waals surface area contributed by atoms with Crippen LogP contribution in [0.25, 0.3) is 11.0 Å². The van der Waals surface area contributed by atoms with Crippen molar-refractivity contribution in [2.75, 3.05) is 6.54 Å². The van der Waals surface area contributed by atoms with E-state index < -0.39 is 6.09 Å². The molecule has 0 bridgehead atoms. The molecule has 2 N–H and O–H groups in total. The maximum absolute atomic E-state index is 10.3. The summed E-state index contributed by atoms with van der Waals surface area (Å²) in [6, 6.07) is 7.70. The highest BCUT2D eigenvalue weighted by Gasteiger charge is 2.04. The van der Waals surface area contributed by atoms with Gasteiger partial charge in [-0.1, -0.05) is 18.2 Å². The highest BCUT2D eigenvalue weighted by atomic mass is 16.4. The van der Waals surface area contributed by atoms with Gasteiger partial charge in [-0.25, -0.2) is 4.79 Å². The molecule has 15 heavy (non-hydrogen) atoms. The van der Waals surface area contributed by atoms with Crippen molar-refractivity contribution in [2.24, 2.45) is 0 Å². The van der Waals surface area contributed by atoms with Gasteiger partial charge in [-0.15, -0.1) is 0 Å². The van der Waals surface area contributed by atoms with Gasteiger partial charge < -0.3 is 14.8 Å². The van der Waals surface area contributed by atoms with Crippen LogP contribution >= 0.6 is 0 Å². The first-order valence-corrected chi connectivity index (χ1v) is 4.69. The van der Waals surface area contributed by atoms with Gasteiger partial charge in [-0.2, -0.15) is 0 Å². The average molecular weight is 205 g/mol. The van der Waals surface area contributed by atoms with Crippen molar-refractivity contribution in [3.05, 3.63) is 36.1 Å². The molecule has 0 radical (unpaired) electrons. The number of hydrogen-bond donors (Lipinski definition) is 2. The minimum Gasteiger partial charge on any atom is -0.465 e. The molecule has 4 heteroatoms. The van der Waals surface area contributed by atoms with Crippen LogP contribution in [-0.2, 0) is 6.42 Å². The summed E-state index contributed by atoms with van der Waals surface area (Å²) in [5, 5.41) is 11.8. The standard InChI is InChI=1S/C11H11NO3/c13-11(14)12-6-5-8-7-15-10-4-2-1-3-9(8)10/h1-4,7,12H,5-6H2,(H,13,14). The lowest BCUT2D eigenvalue weighted by molar-refractivity contribution is 0.194. The Bertz CT molecular complexity index is 475. The van der Waals surface area contributed by atoms with Crippen LogP contribution in [0, 0.1) is 0 Å². The number of rotatable bonds is 3. The third-order valence-corrected chi connectivity index (χ3v) is 2.23. The van der Waals surface area contributed by atoms with Crippen molar-refractivity contribution in [3.63, 3.8) is 0 Å². The fourth-order valence-electron chi connectivity index (χ4n) is 1.53. The molecule has 0 saturated heterocycles. The number of para-hydroxylation sites is 1. The summed E-state index contributed by atoms with van der Waals surface area (Å²) in [5.74, 6) is 0. The number of fused-ring (bicyclic) bond motifs is 1. The molecule has 2 rings (SSSR count). The molecule has 1 aromatic carbocycles. The Balaban J connectivity index is 2.11. The topological polar surface area (TPSA) is 62.5 Å². The van der Waals surface area contributed by atoms with E-state index in [0.717, 1.165) is 16.5 Å². The lowest BCUT2D eigenvalue weighted by Gasteiger charge is -1.98. The van der Waals surface area contributed by atoms with Gasteiger partial charge in [0.05, 0.1) is 6.26 Å². The molecule has 1 amide bonds. The molecule has 0 saturated carbocycles. The second-order valence-electron chi connectivity index (χ2n) is 3.24. The molecule has 4 nitrogen and oxygen atoms in total. The number of benzene rings is 1. The van der Waals surface area contributed by atoms with E-state index in [1.807, 2.05) is 24.3 Å². The van der Waals surface area contributed by atoms with E-state index in [4.69, 9.17) is 9.52 Å². The number of hydrogen-bond acceptors (Lipinski definition) is 2. The largest absolute Gasteiger partial charge is 0.465 e. The Morgan fingerprint density at radius 1 is 1.40 bits per heavy atom. The van der Waals surface area contributed by atoms with Crippen molar-refractivity contribution >= 4 is 17.1 Å². The minimum absolute atomic E-state index is 0.402. The predicted octanol–water partition coefficient (Wildman–Crippen LogP) is 2.24. The summed E-state index contributed by atoms with van der Waals surface area (Å²) >= 11 is 0. The van der Waals surface area contributed by atoms with Crippen LogP contribution in [0.15, 0.2) is 34.9 Å². The highest BCUT2D eigenvalue weighted by Crippen LogP contribution is 2.20. The van der Waals surface area contributed by atoms with Gasteiger partial charge in [0.2, 0.25) is 0 Å². The molecule has 0 fully saturated rings. The highest BCUT2D eigenvalue weighted by molar-refractivity contribution is 5.80. The average Bonchev–Trinajstić information content (AvgIpc) is 2.62. The zero-order valence-corrected chi connectivity index (χ0v) is 8.06. The molecular formula is C11H11NO3. The number of carboxylic acid groups (broad SMARTS) is 1. The fraction of sp³-hybridized carbons (Fsp3) is 0.182. The lowest BCUT2D eigenvalue weighted by atomic mass is 10.1. The van der Waals surface area contributed by atoms with Crippen LogP contribution in [0.5, 0.6) is 0 Å². The minimum atomic E-state index is -0.997. The van der Waals surface area contributed by atoms with Crippen molar-refractivity contribution in [3.8, 4) is 0 Å². The molecule has 0 aliphatic carbocycles. The van der Waals surface area contributed by atoms with Crippen LogP contribution in [0.1, 0.15) is 5.56 Å². The molecule has 2 aromatic rings. The monoisotopic (exact) mass is 205 g/mol. The van der Waals surface area contributed by atoms with E-state index in [2.05, 4.69) is 5.32 Å². The van der Waals surface area contributed by atoms with Gasteiger partial charge in [-0.3, -0.25) is 0 Å². The molecular weight excluding hydrogens is 194 g/mol. The quantitative estimate of drug-likeness (QED) is 0.807. The number of furan rings is 1. The summed E-state index contributed by atoms with van der Waals surface area (Å²) < 4.78 is 5.33. The second-order valence-corrected chi connectivity index (χ2v) is 3.24. The van der Waals surface area contributed by atoms with Crippen molar-refractivity contribution in [1.29, 1.82) is 0 Å². The van der Waals surface area contributed by atoms with E-state index in [0.29, 0.717) is 13.0 Å². The summed E-state index contributed by atoms with van der Waals surface area (Å²) in [5.41, 5.74) is 1.86. The third kappa shape index (κ3) is 2.10. The Hall–Kier alpha value is -1.97. The normalized spacial score (nSPS) is 10.4. The van der Waals surface area contributed by atoms with Crippen molar-refractivity contribution in [1.82, 2.24) is 5.32 Å². The van der Waals surface area contributed by atoms with Crippen LogP contribution in [0.4, 0.5) is 4.79 Å². The summed E-state index contributed by atoms with van der Waals surface area (Å²) in [6.45, 7) is 0.402. The molecule has 1 aromatic heterocycles. The van der Waals surface area contributed by atoms with Gasteiger partial charge in [0.1, 0.15) is 5.58 Å². The Morgan fingerprint density at radius 3 is 3.00 bits per heavy atom. The van der Waals surface area contributed by atoms with Gasteiger partial charge in [0.15, 0.2) is 0 Å². The van der Waals surface area contributed by atoms with Gasteiger partial charge in [0, 0.05) is 11.9 Å². The Kier molecular flexibility index (Phi) is 2.58. The van der Waals surface area contributed by atoms with E-state index in [9.17, 15) is 4.79 Å². The van der Waals surface area contributed by atoms with E-state index in [-0.39, 0.29) is 0 Å². The Labute approximate surface area is 86.5 Å². The lowest BCUT2D eigenvalue weighted by Crippen LogP contribution is -2.23. The van der Waals surface area contributed by atoms with E-state index >= 15 is 0 Å². The van der Waals surface area contributed by atoms with Crippen LogP contribution in [0.2, 0.25) is 0 Å². The molecule has 78 valence electrons. The van der Waals surface area contributed by atoms with E-state index in [1.165, 1.54) is 0 Å². The molecule has 0 atom stereocenters. The molecule has 0 aliphatic heterocycles. The number of nitrogens with one attached hydrogen (secondary N) is 1. The van der Waals surface area contributed by atoms with Gasteiger partial charge in [-0.05, 0) is 18.1 Å². The van der Waals surface area contributed by atoms with Crippen molar-refractivity contribution in [2.45, 2.75) is 6.42 Å². The number of carbonyl (C=O) groups is 1. The zero-order chi connectivity index (χ0) is 10.7. The predicted molar refractivity (Wildman–Crippen MR) is 55.9 cm³/mol. The first kappa shape index (κ1) is 9.58. The third-order valence-electron chi connectivity index (χ3n) is 2.23. The molecule has 0 spiro atoms. The van der Waals surface area contributed by atoms with E-state index in [1.54, 1.807) is 6.26 Å².